The summed E-state index contributed by atoms with van der Waals surface area (Å²) in [4.78, 5) is 12.6. The average molecular weight is 463 g/mol. The summed E-state index contributed by atoms with van der Waals surface area (Å²) < 4.78 is 32.6. The fraction of sp³-hybridized carbons (Fsp3) is 0.0526. The summed E-state index contributed by atoms with van der Waals surface area (Å²) >= 11 is 6.25. The smallest absolute Gasteiger partial charge is 0.271 e. The van der Waals surface area contributed by atoms with Gasteiger partial charge in [0.1, 0.15) is 9.96 Å². The largest absolute Gasteiger partial charge is 0.497 e. The van der Waals surface area contributed by atoms with Crippen LogP contribution in [0.2, 0.25) is 0 Å². The summed E-state index contributed by atoms with van der Waals surface area (Å²) in [5, 5.41) is 4.73. The Morgan fingerprint density at radius 2 is 1.73 bits per heavy atom. The van der Waals surface area contributed by atoms with Gasteiger partial charge >= 0.3 is 0 Å². The number of benzene rings is 2. The van der Waals surface area contributed by atoms with E-state index in [2.05, 4.69) is 20.9 Å². The highest BCUT2D eigenvalue weighted by molar-refractivity contribution is 7.94. The molecular formula is C19H18N4O4S3. The van der Waals surface area contributed by atoms with Gasteiger partial charge in [-0.1, -0.05) is 18.2 Å². The van der Waals surface area contributed by atoms with Crippen molar-refractivity contribution in [2.24, 2.45) is 0 Å². The molecule has 1 amide bonds. The minimum atomic E-state index is -3.78. The van der Waals surface area contributed by atoms with E-state index in [9.17, 15) is 13.2 Å². The standard InChI is InChI=1S/C19H18N4O4S3/c1-27-14-10-8-13(9-11-14)20-19(28)22-21-18(24)15-5-2-3-6-16(15)23-30(25,26)17-7-4-12-29-17/h2-12,23H,1H3,(H,21,24)(H2,20,22,28). The Bertz CT molecular complexity index is 1130. The molecule has 8 nitrogen and oxygen atoms in total. The van der Waals surface area contributed by atoms with E-state index < -0.39 is 15.9 Å². The van der Waals surface area contributed by atoms with Gasteiger partial charge in [0.2, 0.25) is 0 Å². The topological polar surface area (TPSA) is 109 Å². The van der Waals surface area contributed by atoms with Crippen LogP contribution in [0.4, 0.5) is 11.4 Å². The van der Waals surface area contributed by atoms with E-state index in [0.29, 0.717) is 11.4 Å². The number of carbonyl (C=O) groups is 1. The molecule has 11 heteroatoms. The van der Waals surface area contributed by atoms with Gasteiger partial charge in [0.25, 0.3) is 15.9 Å². The Balaban J connectivity index is 1.63. The van der Waals surface area contributed by atoms with Crippen LogP contribution in [0, 0.1) is 0 Å². The highest BCUT2D eigenvalue weighted by Gasteiger charge is 2.19. The lowest BCUT2D eigenvalue weighted by Crippen LogP contribution is -2.44. The van der Waals surface area contributed by atoms with Crippen LogP contribution in [-0.4, -0.2) is 26.5 Å². The molecular weight excluding hydrogens is 444 g/mol. The molecule has 3 aromatic rings. The minimum Gasteiger partial charge on any atom is -0.497 e. The number of anilines is 2. The molecule has 0 spiro atoms. The number of amides is 1. The number of sulfonamides is 1. The maximum atomic E-state index is 12.6. The van der Waals surface area contributed by atoms with Gasteiger partial charge in [-0.3, -0.25) is 20.4 Å². The van der Waals surface area contributed by atoms with Crippen LogP contribution in [0.1, 0.15) is 10.4 Å². The minimum absolute atomic E-state index is 0.136. The molecule has 0 aliphatic carbocycles. The number of nitrogens with one attached hydrogen (secondary N) is 4. The van der Waals surface area contributed by atoms with Crippen LogP contribution in [0.15, 0.2) is 70.3 Å². The van der Waals surface area contributed by atoms with E-state index in [1.165, 1.54) is 18.2 Å². The Morgan fingerprint density at radius 1 is 1.00 bits per heavy atom. The number of hydrazine groups is 1. The molecule has 0 saturated heterocycles. The van der Waals surface area contributed by atoms with Crippen molar-refractivity contribution < 1.29 is 17.9 Å². The first kappa shape index (κ1) is 21.6. The highest BCUT2D eigenvalue weighted by atomic mass is 32.2. The summed E-state index contributed by atoms with van der Waals surface area (Å²) in [5.74, 6) is 0.146. The quantitative estimate of drug-likeness (QED) is 0.329. The van der Waals surface area contributed by atoms with Gasteiger partial charge in [-0.05, 0) is 60.1 Å². The van der Waals surface area contributed by atoms with Gasteiger partial charge in [-0.2, -0.15) is 0 Å². The molecule has 3 rings (SSSR count). The zero-order chi connectivity index (χ0) is 21.6. The second kappa shape index (κ2) is 9.57. The first-order chi connectivity index (χ1) is 14.4. The number of hydrogen-bond acceptors (Lipinski definition) is 6. The van der Waals surface area contributed by atoms with Crippen LogP contribution >= 0.6 is 23.6 Å². The Labute approximate surface area is 183 Å². The lowest BCUT2D eigenvalue weighted by atomic mass is 10.2. The number of methoxy groups -OCH3 is 1. The third-order valence-electron chi connectivity index (χ3n) is 3.81. The Morgan fingerprint density at radius 3 is 2.40 bits per heavy atom. The molecule has 0 saturated carbocycles. The van der Waals surface area contributed by atoms with Crippen molar-refractivity contribution in [2.45, 2.75) is 4.21 Å². The predicted octanol–water partition coefficient (Wildman–Crippen LogP) is 3.19. The van der Waals surface area contributed by atoms with Crippen molar-refractivity contribution in [1.29, 1.82) is 0 Å². The second-order valence-electron chi connectivity index (χ2n) is 5.84. The highest BCUT2D eigenvalue weighted by Crippen LogP contribution is 2.22. The third kappa shape index (κ3) is 5.47. The molecule has 1 heterocycles. The van der Waals surface area contributed by atoms with Gasteiger partial charge in [0.15, 0.2) is 5.11 Å². The van der Waals surface area contributed by atoms with Crippen molar-refractivity contribution in [2.75, 3.05) is 17.1 Å². The number of thiocarbonyl (C=S) groups is 1. The monoisotopic (exact) mass is 462 g/mol. The van der Waals surface area contributed by atoms with Crippen LogP contribution in [0.3, 0.4) is 0 Å². The van der Waals surface area contributed by atoms with E-state index in [1.54, 1.807) is 55.0 Å². The molecule has 0 aliphatic rings. The molecule has 156 valence electrons. The zero-order valence-electron chi connectivity index (χ0n) is 15.7. The van der Waals surface area contributed by atoms with Gasteiger partial charge in [-0.25, -0.2) is 8.42 Å². The van der Waals surface area contributed by atoms with Crippen molar-refractivity contribution in [3.05, 3.63) is 71.6 Å². The van der Waals surface area contributed by atoms with Gasteiger partial charge in [0, 0.05) is 5.69 Å². The summed E-state index contributed by atoms with van der Waals surface area (Å²) in [6.07, 6.45) is 0. The number of thiophene rings is 1. The summed E-state index contributed by atoms with van der Waals surface area (Å²) in [6.45, 7) is 0. The molecule has 30 heavy (non-hydrogen) atoms. The number of para-hydroxylation sites is 1. The third-order valence-corrected chi connectivity index (χ3v) is 6.78. The summed E-state index contributed by atoms with van der Waals surface area (Å²) in [7, 11) is -2.21. The van der Waals surface area contributed by atoms with Crippen LogP contribution < -0.4 is 25.6 Å². The van der Waals surface area contributed by atoms with Crippen molar-refractivity contribution in [3.8, 4) is 5.75 Å². The predicted molar refractivity (Wildman–Crippen MR) is 121 cm³/mol. The molecule has 0 aliphatic heterocycles. The van der Waals surface area contributed by atoms with Crippen LogP contribution in [0.5, 0.6) is 5.75 Å². The van der Waals surface area contributed by atoms with E-state index in [4.69, 9.17) is 17.0 Å². The Hall–Kier alpha value is -3.15. The number of ether oxygens (including phenoxy) is 1. The first-order valence-electron chi connectivity index (χ1n) is 8.56. The average Bonchev–Trinajstić information content (AvgIpc) is 3.29. The normalized spacial score (nSPS) is 10.7. The lowest BCUT2D eigenvalue weighted by Gasteiger charge is -2.14. The van der Waals surface area contributed by atoms with Crippen molar-refractivity contribution >= 4 is 56.0 Å². The fourth-order valence-electron chi connectivity index (χ4n) is 2.40. The van der Waals surface area contributed by atoms with E-state index >= 15 is 0 Å². The van der Waals surface area contributed by atoms with E-state index in [1.807, 2.05) is 0 Å². The molecule has 0 radical (unpaired) electrons. The van der Waals surface area contributed by atoms with Crippen LogP contribution in [-0.2, 0) is 10.0 Å². The summed E-state index contributed by atoms with van der Waals surface area (Å²) in [5.41, 5.74) is 6.03. The fourth-order valence-corrected chi connectivity index (χ4v) is 4.64. The zero-order valence-corrected chi connectivity index (χ0v) is 18.2. The SMILES string of the molecule is COc1ccc(NC(=S)NNC(=O)c2ccccc2NS(=O)(=O)c2cccs2)cc1. The Kier molecular flexibility index (Phi) is 6.87. The first-order valence-corrected chi connectivity index (χ1v) is 11.3. The van der Waals surface area contributed by atoms with Crippen molar-refractivity contribution in [1.82, 2.24) is 10.9 Å². The van der Waals surface area contributed by atoms with Crippen molar-refractivity contribution in [3.63, 3.8) is 0 Å². The number of carbonyl (C=O) groups excluding carboxylic acids is 1. The van der Waals surface area contributed by atoms with Crippen LogP contribution in [0.25, 0.3) is 0 Å². The molecule has 0 atom stereocenters. The second-order valence-corrected chi connectivity index (χ2v) is 9.11. The maximum absolute atomic E-state index is 12.6. The molecule has 0 bridgehead atoms. The molecule has 4 N–H and O–H groups in total. The summed E-state index contributed by atoms with van der Waals surface area (Å²) in [6, 6.07) is 16.5. The van der Waals surface area contributed by atoms with Gasteiger partial charge in [-0.15, -0.1) is 11.3 Å². The van der Waals surface area contributed by atoms with Gasteiger partial charge in [0.05, 0.1) is 18.4 Å². The number of rotatable bonds is 6. The van der Waals surface area contributed by atoms with Gasteiger partial charge < -0.3 is 10.1 Å². The molecule has 2 aromatic carbocycles. The molecule has 1 aromatic heterocycles. The van der Waals surface area contributed by atoms with E-state index in [-0.39, 0.29) is 20.6 Å². The lowest BCUT2D eigenvalue weighted by molar-refractivity contribution is 0.0945. The molecule has 0 fully saturated rings. The maximum Gasteiger partial charge on any atom is 0.271 e. The van der Waals surface area contributed by atoms with E-state index in [0.717, 1.165) is 11.3 Å². The number of hydrogen-bond donors (Lipinski definition) is 4. The molecule has 0 unspecified atom stereocenters.